The van der Waals surface area contributed by atoms with Crippen molar-refractivity contribution in [3.8, 4) is 11.4 Å². The van der Waals surface area contributed by atoms with E-state index >= 15 is 0 Å². The lowest BCUT2D eigenvalue weighted by atomic mass is 10.2. The van der Waals surface area contributed by atoms with Gasteiger partial charge >= 0.3 is 0 Å². The Balaban J connectivity index is 1.58. The fourth-order valence-electron chi connectivity index (χ4n) is 3.11. The number of hydrogen-bond acceptors (Lipinski definition) is 7. The highest BCUT2D eigenvalue weighted by molar-refractivity contribution is 7.98. The maximum atomic E-state index is 13.1. The van der Waals surface area contributed by atoms with E-state index in [0.29, 0.717) is 69.8 Å². The van der Waals surface area contributed by atoms with Gasteiger partial charge in [-0.3, -0.25) is 9.36 Å². The highest BCUT2D eigenvalue weighted by atomic mass is 35.5. The molecule has 0 radical (unpaired) electrons. The van der Waals surface area contributed by atoms with Crippen LogP contribution in [0.5, 0.6) is 0 Å². The first kappa shape index (κ1) is 22.8. The second kappa shape index (κ2) is 10.5. The minimum Gasteiger partial charge on any atom is -0.382 e. The van der Waals surface area contributed by atoms with Crippen LogP contribution in [-0.2, 0) is 17.0 Å². The molecule has 0 aliphatic carbocycles. The second-order valence-electron chi connectivity index (χ2n) is 6.87. The quantitative estimate of drug-likeness (QED) is 0.174. The predicted molar refractivity (Wildman–Crippen MR) is 126 cm³/mol. The lowest BCUT2D eigenvalue weighted by Gasteiger charge is -2.12. The minimum absolute atomic E-state index is 0.113. The number of ether oxygens (including phenoxy) is 1. The molecule has 2 heterocycles. The molecule has 7 nitrogen and oxygen atoms in total. The van der Waals surface area contributed by atoms with Crippen LogP contribution in [0.1, 0.15) is 19.2 Å². The molecule has 0 spiro atoms. The molecule has 0 N–H and O–H groups in total. The smallest absolute Gasteiger partial charge is 0.262 e. The van der Waals surface area contributed by atoms with Gasteiger partial charge in [-0.15, -0.1) is 0 Å². The molecule has 0 fully saturated rings. The van der Waals surface area contributed by atoms with Crippen LogP contribution in [0.15, 0.2) is 56.9 Å². The van der Waals surface area contributed by atoms with Crippen LogP contribution in [-0.4, -0.2) is 32.9 Å². The van der Waals surface area contributed by atoms with Gasteiger partial charge in [0.15, 0.2) is 5.16 Å². The Morgan fingerprint density at radius 1 is 1.09 bits per heavy atom. The molecule has 32 heavy (non-hydrogen) atoms. The molecule has 0 atom stereocenters. The van der Waals surface area contributed by atoms with Gasteiger partial charge in [-0.25, -0.2) is 4.98 Å². The molecular formula is C22H20Cl2N4O3S. The maximum Gasteiger partial charge on any atom is 0.262 e. The number of benzene rings is 2. The molecule has 4 aromatic rings. The number of hydrogen-bond donors (Lipinski definition) is 0. The van der Waals surface area contributed by atoms with Crippen LogP contribution in [0.2, 0.25) is 10.0 Å². The first-order chi connectivity index (χ1) is 15.5. The lowest BCUT2D eigenvalue weighted by Crippen LogP contribution is -2.24. The topological polar surface area (TPSA) is 83.0 Å². The Morgan fingerprint density at radius 2 is 1.88 bits per heavy atom. The highest BCUT2D eigenvalue weighted by Crippen LogP contribution is 2.25. The molecule has 0 aliphatic heterocycles. The monoisotopic (exact) mass is 490 g/mol. The average molecular weight is 491 g/mol. The third kappa shape index (κ3) is 5.32. The minimum atomic E-state index is -0.113. The Labute approximate surface area is 198 Å². The van der Waals surface area contributed by atoms with Crippen molar-refractivity contribution in [3.63, 3.8) is 0 Å². The Morgan fingerprint density at radius 3 is 2.66 bits per heavy atom. The first-order valence-electron chi connectivity index (χ1n) is 10.0. The molecule has 0 unspecified atom stereocenters. The Hall–Kier alpha value is -2.39. The molecule has 2 aromatic heterocycles. The summed E-state index contributed by atoms with van der Waals surface area (Å²) in [6.07, 6.45) is 0.698. The largest absolute Gasteiger partial charge is 0.382 e. The van der Waals surface area contributed by atoms with E-state index in [9.17, 15) is 4.79 Å². The number of thioether (sulfide) groups is 1. The van der Waals surface area contributed by atoms with Crippen molar-refractivity contribution in [1.29, 1.82) is 0 Å². The molecule has 166 valence electrons. The van der Waals surface area contributed by atoms with Gasteiger partial charge in [-0.05, 0) is 55.8 Å². The normalized spacial score (nSPS) is 11.3. The van der Waals surface area contributed by atoms with Crippen LogP contribution in [0.3, 0.4) is 0 Å². The number of fused-ring (bicyclic) bond motifs is 1. The zero-order chi connectivity index (χ0) is 22.5. The van der Waals surface area contributed by atoms with Crippen molar-refractivity contribution in [2.75, 3.05) is 13.2 Å². The van der Waals surface area contributed by atoms with Crippen LogP contribution in [0.25, 0.3) is 22.3 Å². The SMILES string of the molecule is CCOCCCn1c(SCc2nc(-c3ccc(Cl)cc3)no2)nc2cc(Cl)ccc2c1=O. The van der Waals surface area contributed by atoms with E-state index < -0.39 is 0 Å². The lowest BCUT2D eigenvalue weighted by molar-refractivity contribution is 0.140. The fraction of sp³-hybridized carbons (Fsp3) is 0.273. The predicted octanol–water partition coefficient (Wildman–Crippen LogP) is 5.47. The summed E-state index contributed by atoms with van der Waals surface area (Å²) < 4.78 is 12.5. The summed E-state index contributed by atoms with van der Waals surface area (Å²) in [4.78, 5) is 22.2. The van der Waals surface area contributed by atoms with E-state index in [1.165, 1.54) is 11.8 Å². The molecule has 10 heteroatoms. The highest BCUT2D eigenvalue weighted by Gasteiger charge is 2.15. The molecule has 0 bridgehead atoms. The average Bonchev–Trinajstić information content (AvgIpc) is 3.26. The third-order valence-corrected chi connectivity index (χ3v) is 6.10. The zero-order valence-electron chi connectivity index (χ0n) is 17.3. The van der Waals surface area contributed by atoms with Crippen molar-refractivity contribution in [1.82, 2.24) is 19.7 Å². The van der Waals surface area contributed by atoms with Crippen molar-refractivity contribution in [2.45, 2.75) is 30.8 Å². The van der Waals surface area contributed by atoms with Gasteiger partial charge in [0, 0.05) is 35.4 Å². The van der Waals surface area contributed by atoms with Gasteiger partial charge in [0.1, 0.15) is 0 Å². The van der Waals surface area contributed by atoms with Gasteiger partial charge in [0.2, 0.25) is 11.7 Å². The van der Waals surface area contributed by atoms with Crippen LogP contribution < -0.4 is 5.56 Å². The Bertz CT molecular complexity index is 1270. The van der Waals surface area contributed by atoms with Crippen molar-refractivity contribution in [3.05, 3.63) is 68.8 Å². The van der Waals surface area contributed by atoms with Crippen LogP contribution in [0.4, 0.5) is 0 Å². The summed E-state index contributed by atoms with van der Waals surface area (Å²) in [6, 6.07) is 12.3. The molecule has 0 amide bonds. The summed E-state index contributed by atoms with van der Waals surface area (Å²) >= 11 is 13.4. The second-order valence-corrected chi connectivity index (χ2v) is 8.69. The van der Waals surface area contributed by atoms with Gasteiger partial charge < -0.3 is 9.26 Å². The molecule has 0 aliphatic rings. The number of halogens is 2. The molecule has 2 aromatic carbocycles. The number of aromatic nitrogens is 4. The van der Waals surface area contributed by atoms with E-state index in [1.54, 1.807) is 34.9 Å². The molecular weight excluding hydrogens is 471 g/mol. The summed E-state index contributed by atoms with van der Waals surface area (Å²) in [5, 5.41) is 6.29. The van der Waals surface area contributed by atoms with E-state index in [2.05, 4.69) is 15.1 Å². The van der Waals surface area contributed by atoms with E-state index in [4.69, 9.17) is 32.5 Å². The number of nitrogens with zero attached hydrogens (tertiary/aromatic N) is 4. The maximum absolute atomic E-state index is 13.1. The van der Waals surface area contributed by atoms with Gasteiger partial charge in [0.25, 0.3) is 5.56 Å². The Kier molecular flexibility index (Phi) is 7.47. The standard InChI is InChI=1S/C22H20Cl2N4O3S/c1-2-30-11-3-10-28-21(29)17-9-8-16(24)12-18(17)25-22(28)32-13-19-26-20(27-31-19)14-4-6-15(23)7-5-14/h4-9,12H,2-3,10-11,13H2,1H3. The van der Waals surface area contributed by atoms with E-state index in [0.717, 1.165) is 5.56 Å². The summed E-state index contributed by atoms with van der Waals surface area (Å²) in [6.45, 7) is 3.64. The van der Waals surface area contributed by atoms with Crippen LogP contribution >= 0.6 is 35.0 Å². The van der Waals surface area contributed by atoms with Gasteiger partial charge in [0.05, 0.1) is 16.7 Å². The zero-order valence-corrected chi connectivity index (χ0v) is 19.6. The number of rotatable bonds is 9. The van der Waals surface area contributed by atoms with Gasteiger partial charge in [-0.2, -0.15) is 4.98 Å². The fourth-order valence-corrected chi connectivity index (χ4v) is 4.26. The van der Waals surface area contributed by atoms with Crippen molar-refractivity contribution >= 4 is 45.9 Å². The van der Waals surface area contributed by atoms with E-state index in [1.807, 2.05) is 19.1 Å². The third-order valence-electron chi connectivity index (χ3n) is 4.65. The first-order valence-corrected chi connectivity index (χ1v) is 11.8. The summed E-state index contributed by atoms with van der Waals surface area (Å²) in [5.74, 6) is 1.27. The summed E-state index contributed by atoms with van der Waals surface area (Å²) in [7, 11) is 0. The van der Waals surface area contributed by atoms with Crippen LogP contribution in [0, 0.1) is 0 Å². The van der Waals surface area contributed by atoms with E-state index in [-0.39, 0.29) is 5.56 Å². The molecule has 0 saturated heterocycles. The molecule has 4 rings (SSSR count). The van der Waals surface area contributed by atoms with Crippen molar-refractivity contribution < 1.29 is 9.26 Å². The van der Waals surface area contributed by atoms with Gasteiger partial charge in [-0.1, -0.05) is 40.1 Å². The molecule has 0 saturated carbocycles. The van der Waals surface area contributed by atoms with Crippen molar-refractivity contribution in [2.24, 2.45) is 0 Å². The summed E-state index contributed by atoms with van der Waals surface area (Å²) in [5.41, 5.74) is 1.25.